The van der Waals surface area contributed by atoms with Gasteiger partial charge in [0.2, 0.25) is 16.7 Å². The van der Waals surface area contributed by atoms with Crippen molar-refractivity contribution in [2.24, 2.45) is 0 Å². The van der Waals surface area contributed by atoms with Gasteiger partial charge in [-0.2, -0.15) is 9.50 Å². The van der Waals surface area contributed by atoms with Crippen molar-refractivity contribution >= 4 is 22.0 Å². The number of benzene rings is 2. The van der Waals surface area contributed by atoms with Crippen LogP contribution in [0.2, 0.25) is 0 Å². The number of fused-ring (bicyclic) bond motifs is 1. The maximum atomic E-state index is 14.4. The van der Waals surface area contributed by atoms with Crippen LogP contribution in [0.1, 0.15) is 22.0 Å². The van der Waals surface area contributed by atoms with E-state index in [1.54, 1.807) is 24.5 Å². The Kier molecular flexibility index (Phi) is 5.50. The maximum Gasteiger partial charge on any atom is 0.230 e. The van der Waals surface area contributed by atoms with Crippen LogP contribution < -0.4 is 4.90 Å². The third kappa shape index (κ3) is 3.96. The average Bonchev–Trinajstić information content (AvgIpc) is 3.59. The minimum absolute atomic E-state index is 0.0818. The first-order valence-electron chi connectivity index (χ1n) is 11.5. The second-order valence-electron chi connectivity index (χ2n) is 8.69. The summed E-state index contributed by atoms with van der Waals surface area (Å²) in [6.07, 6.45) is 1.57. The van der Waals surface area contributed by atoms with Crippen LogP contribution in [0.3, 0.4) is 0 Å². The van der Waals surface area contributed by atoms with Crippen molar-refractivity contribution < 1.29 is 13.9 Å². The minimum Gasteiger partial charge on any atom is -0.492 e. The van der Waals surface area contributed by atoms with Crippen LogP contribution in [-0.4, -0.2) is 50.8 Å². The standard InChI is InChI=1S/C26H24FN5O2S/c1-17-6-4-7-18(16-17)22(31-13-11-30(12-14-31)20-9-3-2-8-19(20)27)23-25(33)32-26(35-23)28-24(29-32)21-10-5-15-34-21/h2-10,15-16,22,33H,11-14H2,1H3. The van der Waals surface area contributed by atoms with Crippen LogP contribution in [0.15, 0.2) is 71.3 Å². The van der Waals surface area contributed by atoms with E-state index in [2.05, 4.69) is 45.0 Å². The van der Waals surface area contributed by atoms with Crippen molar-refractivity contribution in [1.29, 1.82) is 0 Å². The van der Waals surface area contributed by atoms with Gasteiger partial charge in [-0.15, -0.1) is 5.10 Å². The predicted octanol–water partition coefficient (Wildman–Crippen LogP) is 5.12. The molecule has 1 N–H and O–H groups in total. The number of para-hydroxylation sites is 1. The molecule has 0 amide bonds. The molecule has 0 aliphatic carbocycles. The van der Waals surface area contributed by atoms with Crippen molar-refractivity contribution in [3.8, 4) is 17.5 Å². The fourth-order valence-corrected chi connectivity index (χ4v) is 5.85. The molecule has 0 saturated carbocycles. The topological polar surface area (TPSA) is 70.0 Å². The molecule has 1 saturated heterocycles. The van der Waals surface area contributed by atoms with Gasteiger partial charge < -0.3 is 14.4 Å². The van der Waals surface area contributed by atoms with Crippen molar-refractivity contribution in [3.05, 3.63) is 88.7 Å². The molecule has 178 valence electrons. The van der Waals surface area contributed by atoms with Gasteiger partial charge in [-0.1, -0.05) is 53.3 Å². The van der Waals surface area contributed by atoms with Gasteiger partial charge in [0.25, 0.3) is 0 Å². The van der Waals surface area contributed by atoms with Crippen LogP contribution in [0, 0.1) is 12.7 Å². The third-order valence-electron chi connectivity index (χ3n) is 6.42. The van der Waals surface area contributed by atoms with Crippen molar-refractivity contribution in [3.63, 3.8) is 0 Å². The lowest BCUT2D eigenvalue weighted by Gasteiger charge is -2.40. The summed E-state index contributed by atoms with van der Waals surface area (Å²) in [5.41, 5.74) is 2.87. The number of furan rings is 1. The highest BCUT2D eigenvalue weighted by molar-refractivity contribution is 7.17. The number of aryl methyl sites for hydroxylation is 1. The zero-order valence-electron chi connectivity index (χ0n) is 19.1. The number of anilines is 1. The summed E-state index contributed by atoms with van der Waals surface area (Å²) in [6, 6.07) is 18.7. The van der Waals surface area contributed by atoms with Gasteiger partial charge in [-0.05, 0) is 36.8 Å². The van der Waals surface area contributed by atoms with E-state index in [0.29, 0.717) is 35.3 Å². The van der Waals surface area contributed by atoms with Gasteiger partial charge in [0.15, 0.2) is 5.76 Å². The predicted molar refractivity (Wildman–Crippen MR) is 133 cm³/mol. The van der Waals surface area contributed by atoms with E-state index >= 15 is 0 Å². The van der Waals surface area contributed by atoms with Gasteiger partial charge in [-0.3, -0.25) is 4.90 Å². The van der Waals surface area contributed by atoms with E-state index in [1.807, 2.05) is 18.2 Å². The first-order valence-corrected chi connectivity index (χ1v) is 12.3. The summed E-state index contributed by atoms with van der Waals surface area (Å²) in [5, 5.41) is 15.7. The van der Waals surface area contributed by atoms with Crippen LogP contribution in [0.5, 0.6) is 5.88 Å². The molecule has 0 bridgehead atoms. The summed E-state index contributed by atoms with van der Waals surface area (Å²) in [6.45, 7) is 4.88. The maximum absolute atomic E-state index is 14.4. The summed E-state index contributed by atoms with van der Waals surface area (Å²) in [7, 11) is 0. The highest BCUT2D eigenvalue weighted by Gasteiger charge is 2.32. The molecule has 9 heteroatoms. The van der Waals surface area contributed by atoms with Crippen molar-refractivity contribution in [2.45, 2.75) is 13.0 Å². The van der Waals surface area contributed by atoms with E-state index in [9.17, 15) is 9.50 Å². The largest absolute Gasteiger partial charge is 0.492 e. The number of piperazine rings is 1. The Bertz CT molecular complexity index is 1470. The SMILES string of the molecule is Cc1cccc(C(c2sc3nc(-c4ccco4)nn3c2O)N2CCN(c3ccccc3F)CC2)c1. The Balaban J connectivity index is 1.35. The lowest BCUT2D eigenvalue weighted by atomic mass is 10.0. The van der Waals surface area contributed by atoms with E-state index in [-0.39, 0.29) is 17.7 Å². The Labute approximate surface area is 205 Å². The Morgan fingerprint density at radius 3 is 2.57 bits per heavy atom. The number of thiazole rings is 1. The van der Waals surface area contributed by atoms with E-state index in [4.69, 9.17) is 4.42 Å². The molecule has 35 heavy (non-hydrogen) atoms. The van der Waals surface area contributed by atoms with Gasteiger partial charge in [0.1, 0.15) is 5.82 Å². The van der Waals surface area contributed by atoms with Crippen LogP contribution in [0.25, 0.3) is 16.5 Å². The molecule has 1 fully saturated rings. The molecular weight excluding hydrogens is 465 g/mol. The van der Waals surface area contributed by atoms with Gasteiger partial charge in [0.05, 0.1) is 22.9 Å². The molecule has 1 aliphatic heterocycles. The molecule has 1 unspecified atom stereocenters. The second-order valence-corrected chi connectivity index (χ2v) is 9.70. The number of nitrogens with zero attached hydrogens (tertiary/aromatic N) is 5. The lowest BCUT2D eigenvalue weighted by molar-refractivity contribution is 0.210. The minimum atomic E-state index is -0.202. The van der Waals surface area contributed by atoms with Crippen LogP contribution in [-0.2, 0) is 0 Å². The quantitative estimate of drug-likeness (QED) is 0.370. The lowest BCUT2D eigenvalue weighted by Crippen LogP contribution is -2.48. The highest BCUT2D eigenvalue weighted by Crippen LogP contribution is 2.41. The smallest absolute Gasteiger partial charge is 0.230 e. The molecule has 7 nitrogen and oxygen atoms in total. The summed E-state index contributed by atoms with van der Waals surface area (Å²) in [4.78, 5) is 10.4. The average molecular weight is 490 g/mol. The molecule has 1 atom stereocenters. The number of rotatable bonds is 5. The third-order valence-corrected chi connectivity index (χ3v) is 7.49. The first kappa shape index (κ1) is 21.8. The van der Waals surface area contributed by atoms with E-state index < -0.39 is 0 Å². The second kappa shape index (κ2) is 8.83. The normalized spacial score (nSPS) is 15.7. The number of aromatic nitrogens is 3. The fourth-order valence-electron chi connectivity index (χ4n) is 4.74. The van der Waals surface area contributed by atoms with Gasteiger partial charge >= 0.3 is 0 Å². The van der Waals surface area contributed by atoms with Crippen LogP contribution in [0.4, 0.5) is 10.1 Å². The molecule has 0 radical (unpaired) electrons. The monoisotopic (exact) mass is 489 g/mol. The molecule has 6 rings (SSSR count). The zero-order valence-corrected chi connectivity index (χ0v) is 20.0. The Morgan fingerprint density at radius 1 is 1.03 bits per heavy atom. The molecular formula is C26H24FN5O2S. The first-order chi connectivity index (χ1) is 17.1. The van der Waals surface area contributed by atoms with Gasteiger partial charge in [0, 0.05) is 26.2 Å². The highest BCUT2D eigenvalue weighted by atomic mass is 32.1. The summed E-state index contributed by atoms with van der Waals surface area (Å²) < 4.78 is 21.3. The fraction of sp³-hybridized carbons (Fsp3) is 0.231. The molecule has 4 heterocycles. The van der Waals surface area contributed by atoms with Gasteiger partial charge in [-0.25, -0.2) is 4.39 Å². The van der Waals surface area contributed by atoms with E-state index in [0.717, 1.165) is 29.1 Å². The zero-order chi connectivity index (χ0) is 23.9. The molecule has 0 spiro atoms. The van der Waals surface area contributed by atoms with E-state index in [1.165, 1.54) is 21.9 Å². The summed E-state index contributed by atoms with van der Waals surface area (Å²) in [5.74, 6) is 0.875. The molecule has 3 aromatic heterocycles. The number of hydrogen-bond acceptors (Lipinski definition) is 7. The van der Waals surface area contributed by atoms with Crippen molar-refractivity contribution in [1.82, 2.24) is 19.5 Å². The molecule has 1 aliphatic rings. The number of aromatic hydroxyl groups is 1. The number of halogens is 1. The van der Waals surface area contributed by atoms with Crippen molar-refractivity contribution in [2.75, 3.05) is 31.1 Å². The Morgan fingerprint density at radius 2 is 1.86 bits per heavy atom. The Hall–Kier alpha value is -3.69. The molecule has 5 aromatic rings. The molecule has 2 aromatic carbocycles. The van der Waals surface area contributed by atoms with Crippen LogP contribution >= 0.6 is 11.3 Å². The summed E-state index contributed by atoms with van der Waals surface area (Å²) >= 11 is 1.43. The number of hydrogen-bond donors (Lipinski definition) is 1.